The van der Waals surface area contributed by atoms with Gasteiger partial charge in [-0.05, 0) is 50.8 Å². The minimum Gasteiger partial charge on any atom is -0.495 e. The summed E-state index contributed by atoms with van der Waals surface area (Å²) < 4.78 is 11.1. The average Bonchev–Trinajstić information content (AvgIpc) is 3.11. The summed E-state index contributed by atoms with van der Waals surface area (Å²) in [7, 11) is 5.29. The van der Waals surface area contributed by atoms with Crippen LogP contribution < -0.4 is 15.4 Å². The minimum absolute atomic E-state index is 0.215. The van der Waals surface area contributed by atoms with Crippen molar-refractivity contribution in [1.82, 2.24) is 10.2 Å². The van der Waals surface area contributed by atoms with Gasteiger partial charge < -0.3 is 19.8 Å². The zero-order chi connectivity index (χ0) is 21.0. The summed E-state index contributed by atoms with van der Waals surface area (Å²) in [6.45, 7) is 2.12. The number of benzene rings is 2. The Bertz CT molecular complexity index is 993. The Balaban J connectivity index is 1.67. The number of fused-ring (bicyclic) bond motifs is 1. The first-order chi connectivity index (χ1) is 13.9. The van der Waals surface area contributed by atoms with E-state index in [-0.39, 0.29) is 12.6 Å². The molecule has 2 N–H and O–H groups in total. The van der Waals surface area contributed by atoms with E-state index in [4.69, 9.17) is 9.15 Å². The van der Waals surface area contributed by atoms with Gasteiger partial charge in [-0.25, -0.2) is 0 Å². The van der Waals surface area contributed by atoms with Gasteiger partial charge in [0.25, 0.3) is 0 Å². The maximum Gasteiger partial charge on any atom is 0.313 e. The number of rotatable bonds is 6. The van der Waals surface area contributed by atoms with Crippen LogP contribution in [0.25, 0.3) is 11.0 Å². The normalized spacial score (nSPS) is 12.0. The Labute approximate surface area is 169 Å². The lowest BCUT2D eigenvalue weighted by molar-refractivity contribution is -0.136. The smallest absolute Gasteiger partial charge is 0.313 e. The third-order valence-corrected chi connectivity index (χ3v) is 4.66. The molecule has 0 spiro atoms. The minimum atomic E-state index is -0.754. The fourth-order valence-corrected chi connectivity index (χ4v) is 3.07. The molecule has 0 aliphatic heterocycles. The number of para-hydroxylation sites is 1. The molecule has 0 unspecified atom stereocenters. The van der Waals surface area contributed by atoms with Crippen LogP contribution in [0.4, 0.5) is 5.69 Å². The van der Waals surface area contributed by atoms with E-state index in [2.05, 4.69) is 10.6 Å². The van der Waals surface area contributed by atoms with Gasteiger partial charge in [-0.1, -0.05) is 24.3 Å². The number of furan rings is 1. The zero-order valence-corrected chi connectivity index (χ0v) is 17.0. The number of carbonyl (C=O) groups is 2. The Morgan fingerprint density at radius 2 is 1.86 bits per heavy atom. The van der Waals surface area contributed by atoms with Crippen LogP contribution in [0.2, 0.25) is 0 Å². The first kappa shape index (κ1) is 20.4. The van der Waals surface area contributed by atoms with E-state index in [0.717, 1.165) is 22.3 Å². The van der Waals surface area contributed by atoms with Crippen LogP contribution in [-0.2, 0) is 9.59 Å². The molecular weight excluding hydrogens is 370 g/mol. The molecule has 0 aliphatic carbocycles. The summed E-state index contributed by atoms with van der Waals surface area (Å²) in [6, 6.07) is 14.8. The van der Waals surface area contributed by atoms with Crippen LogP contribution in [0.5, 0.6) is 5.75 Å². The van der Waals surface area contributed by atoms with Gasteiger partial charge >= 0.3 is 11.8 Å². The lowest BCUT2D eigenvalue weighted by Gasteiger charge is -2.22. The van der Waals surface area contributed by atoms with Gasteiger partial charge in [-0.15, -0.1) is 0 Å². The molecule has 0 radical (unpaired) electrons. The predicted octanol–water partition coefficient (Wildman–Crippen LogP) is 3.11. The van der Waals surface area contributed by atoms with Gasteiger partial charge in [0.05, 0.1) is 18.8 Å². The number of hydrogen-bond donors (Lipinski definition) is 2. The second-order valence-electron chi connectivity index (χ2n) is 7.03. The first-order valence-corrected chi connectivity index (χ1v) is 9.27. The van der Waals surface area contributed by atoms with Crippen LogP contribution in [-0.4, -0.2) is 44.5 Å². The molecular formula is C22H25N3O4. The SMILES string of the molecule is COc1ccc(C)cc1NC(=O)C(=O)NC[C@H](c1cc2ccccc2o1)N(C)C. The highest BCUT2D eigenvalue weighted by molar-refractivity contribution is 6.39. The van der Waals surface area contributed by atoms with Crippen LogP contribution in [0.1, 0.15) is 17.4 Å². The van der Waals surface area contributed by atoms with E-state index < -0.39 is 11.8 Å². The number of nitrogens with zero attached hydrogens (tertiary/aromatic N) is 1. The number of ether oxygens (including phenoxy) is 1. The Kier molecular flexibility index (Phi) is 6.19. The number of methoxy groups -OCH3 is 1. The van der Waals surface area contributed by atoms with Gasteiger partial charge in [-0.2, -0.15) is 0 Å². The van der Waals surface area contributed by atoms with Gasteiger partial charge in [0, 0.05) is 11.9 Å². The van der Waals surface area contributed by atoms with Gasteiger partial charge in [0.15, 0.2) is 0 Å². The molecule has 0 bridgehead atoms. The van der Waals surface area contributed by atoms with Crippen molar-refractivity contribution in [3.63, 3.8) is 0 Å². The van der Waals surface area contributed by atoms with Crippen molar-refractivity contribution in [1.29, 1.82) is 0 Å². The van der Waals surface area contributed by atoms with Crippen molar-refractivity contribution in [3.05, 3.63) is 59.9 Å². The molecule has 0 aliphatic rings. The molecule has 7 heteroatoms. The fourth-order valence-electron chi connectivity index (χ4n) is 3.07. The number of carbonyl (C=O) groups excluding carboxylic acids is 2. The standard InChI is InChI=1S/C22H25N3O4/c1-14-9-10-19(28-4)16(11-14)24-22(27)21(26)23-13-17(25(2)3)20-12-15-7-5-6-8-18(15)29-20/h5-12,17H,13H2,1-4H3,(H,23,26)(H,24,27)/t17-/m1/s1. The summed E-state index contributed by atoms with van der Waals surface area (Å²) in [5, 5.41) is 6.28. The topological polar surface area (TPSA) is 83.8 Å². The summed E-state index contributed by atoms with van der Waals surface area (Å²) >= 11 is 0. The van der Waals surface area contributed by atoms with Crippen molar-refractivity contribution in [2.75, 3.05) is 33.1 Å². The number of likely N-dealkylation sites (N-methyl/N-ethyl adjacent to an activating group) is 1. The lowest BCUT2D eigenvalue weighted by Crippen LogP contribution is -2.40. The van der Waals surface area contributed by atoms with Crippen molar-refractivity contribution < 1.29 is 18.7 Å². The molecule has 152 valence electrons. The van der Waals surface area contributed by atoms with E-state index in [1.54, 1.807) is 12.1 Å². The summed E-state index contributed by atoms with van der Waals surface area (Å²) in [5.41, 5.74) is 2.18. The third-order valence-electron chi connectivity index (χ3n) is 4.66. The van der Waals surface area contributed by atoms with E-state index in [0.29, 0.717) is 11.4 Å². The van der Waals surface area contributed by atoms with Crippen LogP contribution in [0, 0.1) is 6.92 Å². The molecule has 3 rings (SSSR count). The quantitative estimate of drug-likeness (QED) is 0.627. The highest BCUT2D eigenvalue weighted by Gasteiger charge is 2.22. The molecule has 1 atom stereocenters. The largest absolute Gasteiger partial charge is 0.495 e. The average molecular weight is 395 g/mol. The lowest BCUT2D eigenvalue weighted by atomic mass is 10.1. The maximum atomic E-state index is 12.3. The number of nitrogens with one attached hydrogen (secondary N) is 2. The first-order valence-electron chi connectivity index (χ1n) is 9.27. The van der Waals surface area contributed by atoms with Crippen molar-refractivity contribution in [3.8, 4) is 5.75 Å². The summed E-state index contributed by atoms with van der Waals surface area (Å²) in [4.78, 5) is 26.6. The van der Waals surface area contributed by atoms with Gasteiger partial charge in [-0.3, -0.25) is 14.5 Å². The van der Waals surface area contributed by atoms with E-state index in [1.165, 1.54) is 7.11 Å². The molecule has 1 heterocycles. The Hall–Kier alpha value is -3.32. The zero-order valence-electron chi connectivity index (χ0n) is 17.0. The third kappa shape index (κ3) is 4.75. The Morgan fingerprint density at radius 1 is 1.10 bits per heavy atom. The van der Waals surface area contributed by atoms with E-state index in [1.807, 2.05) is 62.3 Å². The van der Waals surface area contributed by atoms with E-state index in [9.17, 15) is 9.59 Å². The van der Waals surface area contributed by atoms with Crippen molar-refractivity contribution in [2.45, 2.75) is 13.0 Å². The maximum absolute atomic E-state index is 12.3. The number of hydrogen-bond acceptors (Lipinski definition) is 5. The molecule has 2 aromatic carbocycles. The molecule has 7 nitrogen and oxygen atoms in total. The molecule has 0 saturated heterocycles. The highest BCUT2D eigenvalue weighted by Crippen LogP contribution is 2.26. The van der Waals surface area contributed by atoms with E-state index >= 15 is 0 Å². The molecule has 1 aromatic heterocycles. The second kappa shape index (κ2) is 8.79. The molecule has 0 saturated carbocycles. The van der Waals surface area contributed by atoms with Crippen LogP contribution >= 0.6 is 0 Å². The Morgan fingerprint density at radius 3 is 2.55 bits per heavy atom. The molecule has 3 aromatic rings. The van der Waals surface area contributed by atoms with Crippen molar-refractivity contribution >= 4 is 28.5 Å². The summed E-state index contributed by atoms with van der Waals surface area (Å²) in [6.07, 6.45) is 0. The monoisotopic (exact) mass is 395 g/mol. The molecule has 29 heavy (non-hydrogen) atoms. The van der Waals surface area contributed by atoms with Crippen LogP contribution in [0.3, 0.4) is 0 Å². The number of amides is 2. The fraction of sp³-hybridized carbons (Fsp3) is 0.273. The highest BCUT2D eigenvalue weighted by atomic mass is 16.5. The van der Waals surface area contributed by atoms with Crippen molar-refractivity contribution in [2.24, 2.45) is 0 Å². The summed E-state index contributed by atoms with van der Waals surface area (Å²) in [5.74, 6) is -0.269. The predicted molar refractivity (Wildman–Crippen MR) is 112 cm³/mol. The number of anilines is 1. The molecule has 0 fully saturated rings. The number of aryl methyl sites for hydroxylation is 1. The van der Waals surface area contributed by atoms with Gasteiger partial charge in [0.1, 0.15) is 17.1 Å². The van der Waals surface area contributed by atoms with Crippen LogP contribution in [0.15, 0.2) is 52.9 Å². The molecule has 2 amide bonds. The second-order valence-corrected chi connectivity index (χ2v) is 7.03. The van der Waals surface area contributed by atoms with Gasteiger partial charge in [0.2, 0.25) is 0 Å².